The van der Waals surface area contributed by atoms with E-state index < -0.39 is 17.9 Å². The van der Waals surface area contributed by atoms with Gasteiger partial charge in [0.15, 0.2) is 5.92 Å². The molecule has 0 unspecified atom stereocenters. The molecule has 0 aliphatic rings. The molecule has 26 heavy (non-hydrogen) atoms. The average Bonchev–Trinajstić information content (AvgIpc) is 2.62. The summed E-state index contributed by atoms with van der Waals surface area (Å²) >= 11 is 0. The van der Waals surface area contributed by atoms with Crippen molar-refractivity contribution in [3.63, 3.8) is 0 Å². The number of carbonyl (C=O) groups excluding carboxylic acids is 2. The van der Waals surface area contributed by atoms with Crippen molar-refractivity contribution in [1.82, 2.24) is 0 Å². The fourth-order valence-corrected chi connectivity index (χ4v) is 2.16. The molecule has 0 aromatic heterocycles. The summed E-state index contributed by atoms with van der Waals surface area (Å²) in [5.74, 6) is -0.691. The fraction of sp³-hybridized carbons (Fsp3) is 0.579. The Morgan fingerprint density at radius 3 is 2.04 bits per heavy atom. The quantitative estimate of drug-likeness (QED) is 0.301. The van der Waals surface area contributed by atoms with Crippen LogP contribution in [0.2, 0.25) is 0 Å². The van der Waals surface area contributed by atoms with Gasteiger partial charge in [-0.25, -0.2) is 0 Å². The van der Waals surface area contributed by atoms with Crippen molar-refractivity contribution in [1.29, 1.82) is 0 Å². The van der Waals surface area contributed by atoms with Crippen LogP contribution >= 0.6 is 0 Å². The smallest absolute Gasteiger partial charge is 0.320 e. The maximum Gasteiger partial charge on any atom is 0.320 e. The Morgan fingerprint density at radius 1 is 0.846 bits per heavy atom. The first kappa shape index (κ1) is 21.8. The van der Waals surface area contributed by atoms with Gasteiger partial charge in [0.25, 0.3) is 0 Å². The number of ether oxygens (including phenoxy) is 5. The summed E-state index contributed by atoms with van der Waals surface area (Å²) in [7, 11) is 0. The van der Waals surface area contributed by atoms with Crippen LogP contribution in [0.5, 0.6) is 11.5 Å². The van der Waals surface area contributed by atoms with E-state index in [0.717, 1.165) is 5.75 Å². The SMILES string of the molecule is CCOC(=O)C(CCOCCOc1cccc(OCC)c1)C(=O)OCC. The Bertz CT molecular complexity index is 526. The summed E-state index contributed by atoms with van der Waals surface area (Å²) in [6.45, 7) is 7.22. The van der Waals surface area contributed by atoms with Gasteiger partial charge in [0.1, 0.15) is 18.1 Å². The monoisotopic (exact) mass is 368 g/mol. The van der Waals surface area contributed by atoms with E-state index >= 15 is 0 Å². The van der Waals surface area contributed by atoms with Gasteiger partial charge in [0.05, 0.1) is 26.4 Å². The molecule has 0 aliphatic heterocycles. The molecule has 1 aromatic rings. The van der Waals surface area contributed by atoms with Gasteiger partial charge in [0.2, 0.25) is 0 Å². The summed E-state index contributed by atoms with van der Waals surface area (Å²) < 4.78 is 26.2. The van der Waals surface area contributed by atoms with Gasteiger partial charge in [-0.15, -0.1) is 0 Å². The maximum absolute atomic E-state index is 11.8. The molecule has 1 aromatic carbocycles. The third-order valence-electron chi connectivity index (χ3n) is 3.31. The van der Waals surface area contributed by atoms with Crippen molar-refractivity contribution in [3.8, 4) is 11.5 Å². The summed E-state index contributed by atoms with van der Waals surface area (Å²) in [5.41, 5.74) is 0. The van der Waals surface area contributed by atoms with Gasteiger partial charge in [-0.05, 0) is 39.3 Å². The van der Waals surface area contributed by atoms with E-state index in [-0.39, 0.29) is 26.2 Å². The van der Waals surface area contributed by atoms with Crippen LogP contribution < -0.4 is 9.47 Å². The largest absolute Gasteiger partial charge is 0.494 e. The second-order valence-corrected chi connectivity index (χ2v) is 5.21. The molecule has 0 aliphatic carbocycles. The number of hydrogen-bond donors (Lipinski definition) is 0. The first-order valence-corrected chi connectivity index (χ1v) is 8.89. The lowest BCUT2D eigenvalue weighted by atomic mass is 10.1. The van der Waals surface area contributed by atoms with Crippen LogP contribution in [0.4, 0.5) is 0 Å². The van der Waals surface area contributed by atoms with E-state index in [1.807, 2.05) is 25.1 Å². The number of carbonyl (C=O) groups is 2. The predicted octanol–water partition coefficient (Wildman–Crippen LogP) is 2.61. The number of rotatable bonds is 13. The molecule has 0 atom stereocenters. The van der Waals surface area contributed by atoms with Gasteiger partial charge in [-0.1, -0.05) is 6.07 Å². The van der Waals surface area contributed by atoms with E-state index in [2.05, 4.69) is 0 Å². The number of hydrogen-bond acceptors (Lipinski definition) is 7. The molecule has 7 nitrogen and oxygen atoms in total. The third-order valence-corrected chi connectivity index (χ3v) is 3.31. The van der Waals surface area contributed by atoms with Crippen LogP contribution in [-0.2, 0) is 23.8 Å². The van der Waals surface area contributed by atoms with Crippen molar-refractivity contribution in [2.24, 2.45) is 5.92 Å². The highest BCUT2D eigenvalue weighted by Gasteiger charge is 2.29. The lowest BCUT2D eigenvalue weighted by Gasteiger charge is -2.14. The third kappa shape index (κ3) is 8.20. The predicted molar refractivity (Wildman–Crippen MR) is 95.3 cm³/mol. The molecule has 146 valence electrons. The van der Waals surface area contributed by atoms with Crippen molar-refractivity contribution >= 4 is 11.9 Å². The zero-order valence-electron chi connectivity index (χ0n) is 15.7. The molecule has 1 rings (SSSR count). The Hall–Kier alpha value is -2.28. The Morgan fingerprint density at radius 2 is 1.46 bits per heavy atom. The molecule has 0 bridgehead atoms. The molecular formula is C19H28O7. The topological polar surface area (TPSA) is 80.3 Å². The summed E-state index contributed by atoms with van der Waals surface area (Å²) in [6.07, 6.45) is 0.206. The van der Waals surface area contributed by atoms with Crippen molar-refractivity contribution in [2.75, 3.05) is 39.6 Å². The summed E-state index contributed by atoms with van der Waals surface area (Å²) in [5, 5.41) is 0. The molecule has 0 spiro atoms. The summed E-state index contributed by atoms with van der Waals surface area (Å²) in [4.78, 5) is 23.7. The van der Waals surface area contributed by atoms with Gasteiger partial charge in [0, 0.05) is 12.7 Å². The zero-order valence-corrected chi connectivity index (χ0v) is 15.7. The zero-order chi connectivity index (χ0) is 19.2. The first-order valence-electron chi connectivity index (χ1n) is 8.89. The molecule has 7 heteroatoms. The molecule has 0 heterocycles. The van der Waals surface area contributed by atoms with Gasteiger partial charge in [-0.3, -0.25) is 9.59 Å². The van der Waals surface area contributed by atoms with Crippen LogP contribution in [0.15, 0.2) is 24.3 Å². The van der Waals surface area contributed by atoms with E-state index in [1.54, 1.807) is 19.9 Å². The molecule has 0 saturated heterocycles. The van der Waals surface area contributed by atoms with Crippen molar-refractivity contribution < 1.29 is 33.3 Å². The average molecular weight is 368 g/mol. The second-order valence-electron chi connectivity index (χ2n) is 5.21. The highest BCUT2D eigenvalue weighted by atomic mass is 16.6. The van der Waals surface area contributed by atoms with Crippen LogP contribution in [0.1, 0.15) is 27.2 Å². The molecular weight excluding hydrogens is 340 g/mol. The van der Waals surface area contributed by atoms with Crippen molar-refractivity contribution in [3.05, 3.63) is 24.3 Å². The molecule has 0 saturated carbocycles. The number of benzene rings is 1. The lowest BCUT2D eigenvalue weighted by Crippen LogP contribution is -2.29. The van der Waals surface area contributed by atoms with Crippen LogP contribution in [0, 0.1) is 5.92 Å². The van der Waals surface area contributed by atoms with Gasteiger partial charge >= 0.3 is 11.9 Å². The van der Waals surface area contributed by atoms with Crippen LogP contribution in [0.25, 0.3) is 0 Å². The minimum absolute atomic E-state index is 0.206. The summed E-state index contributed by atoms with van der Waals surface area (Å²) in [6, 6.07) is 7.35. The molecule has 0 radical (unpaired) electrons. The maximum atomic E-state index is 11.8. The number of esters is 2. The van der Waals surface area contributed by atoms with E-state index in [9.17, 15) is 9.59 Å². The lowest BCUT2D eigenvalue weighted by molar-refractivity contribution is -0.162. The molecule has 0 N–H and O–H groups in total. The first-order chi connectivity index (χ1) is 12.6. The highest BCUT2D eigenvalue weighted by molar-refractivity contribution is 5.94. The second kappa shape index (κ2) is 13.0. The normalized spacial score (nSPS) is 10.5. The fourth-order valence-electron chi connectivity index (χ4n) is 2.16. The van der Waals surface area contributed by atoms with E-state index in [4.69, 9.17) is 23.7 Å². The van der Waals surface area contributed by atoms with Crippen molar-refractivity contribution in [2.45, 2.75) is 27.2 Å². The minimum atomic E-state index is -0.960. The standard InChI is InChI=1S/C19H28O7/c1-4-23-15-8-7-9-16(14-15)26-13-12-22-11-10-17(18(20)24-5-2)19(21)25-6-3/h7-9,14,17H,4-6,10-13H2,1-3H3. The molecule has 0 amide bonds. The minimum Gasteiger partial charge on any atom is -0.494 e. The van der Waals surface area contributed by atoms with E-state index in [1.165, 1.54) is 0 Å². The van der Waals surface area contributed by atoms with Crippen LogP contribution in [0.3, 0.4) is 0 Å². The highest BCUT2D eigenvalue weighted by Crippen LogP contribution is 2.19. The Labute approximate surface area is 154 Å². The molecule has 0 fully saturated rings. The van der Waals surface area contributed by atoms with Crippen LogP contribution in [-0.4, -0.2) is 51.6 Å². The van der Waals surface area contributed by atoms with E-state index in [0.29, 0.717) is 25.6 Å². The Balaban J connectivity index is 2.31. The van der Waals surface area contributed by atoms with Gasteiger partial charge in [-0.2, -0.15) is 0 Å². The Kier molecular flexibility index (Phi) is 10.9. The van der Waals surface area contributed by atoms with Gasteiger partial charge < -0.3 is 23.7 Å².